The molecule has 2 aromatic rings. The highest BCUT2D eigenvalue weighted by Gasteiger charge is 2.22. The molecule has 2 aromatic carbocycles. The molecule has 0 saturated heterocycles. The minimum Gasteiger partial charge on any atom is -0.435 e. The van der Waals surface area contributed by atoms with Crippen molar-refractivity contribution in [2.45, 2.75) is 25.9 Å². The second-order valence-electron chi connectivity index (χ2n) is 5.48. The van der Waals surface area contributed by atoms with Crippen LogP contribution >= 0.6 is 0 Å². The highest BCUT2D eigenvalue weighted by Crippen LogP contribution is 2.27. The van der Waals surface area contributed by atoms with Gasteiger partial charge in [-0.2, -0.15) is 8.78 Å². The minimum atomic E-state index is -2.84. The molecule has 5 heteroatoms. The Morgan fingerprint density at radius 1 is 1.13 bits per heavy atom. The van der Waals surface area contributed by atoms with Crippen LogP contribution in [0, 0.1) is 0 Å². The molecule has 0 radical (unpaired) electrons. The van der Waals surface area contributed by atoms with Crippen LogP contribution in [0.4, 0.5) is 14.5 Å². The number of carbonyl (C=O) groups excluding carboxylic acids is 1. The first-order chi connectivity index (χ1) is 11.1. The second kappa shape index (κ2) is 6.77. The molecule has 0 spiro atoms. The zero-order valence-corrected chi connectivity index (χ0v) is 12.5. The molecule has 1 amide bonds. The Morgan fingerprint density at radius 2 is 1.87 bits per heavy atom. The lowest BCUT2D eigenvalue weighted by Gasteiger charge is -2.29. The Balaban J connectivity index is 1.70. The van der Waals surface area contributed by atoms with Crippen LogP contribution in [0.5, 0.6) is 5.75 Å². The average molecular weight is 317 g/mol. The van der Waals surface area contributed by atoms with Crippen LogP contribution < -0.4 is 9.64 Å². The predicted molar refractivity (Wildman–Crippen MR) is 83.9 cm³/mol. The average Bonchev–Trinajstić information content (AvgIpc) is 2.55. The highest BCUT2D eigenvalue weighted by molar-refractivity contribution is 5.95. The standard InChI is InChI=1S/C18H17F2NO2/c19-18(20)23-15-9-7-13(8-10-15)12-17(22)21-11-3-5-14-4-1-2-6-16(14)21/h1-2,4,6-10,18H,3,5,11-12H2. The van der Waals surface area contributed by atoms with Crippen molar-refractivity contribution in [1.29, 1.82) is 0 Å². The number of halogens is 2. The quantitative estimate of drug-likeness (QED) is 0.858. The number of anilines is 1. The molecular weight excluding hydrogens is 300 g/mol. The normalized spacial score (nSPS) is 13.8. The molecule has 23 heavy (non-hydrogen) atoms. The molecule has 0 bridgehead atoms. The molecule has 1 aliphatic rings. The van der Waals surface area contributed by atoms with Crippen LogP contribution in [0.1, 0.15) is 17.5 Å². The van der Waals surface area contributed by atoms with Gasteiger partial charge in [-0.15, -0.1) is 0 Å². The van der Waals surface area contributed by atoms with Crippen LogP contribution in [-0.4, -0.2) is 19.1 Å². The summed E-state index contributed by atoms with van der Waals surface area (Å²) < 4.78 is 28.6. The van der Waals surface area contributed by atoms with Gasteiger partial charge in [-0.05, 0) is 42.2 Å². The first kappa shape index (κ1) is 15.5. The number of alkyl halides is 2. The third-order valence-electron chi connectivity index (χ3n) is 3.92. The van der Waals surface area contributed by atoms with E-state index in [1.165, 1.54) is 17.7 Å². The minimum absolute atomic E-state index is 0.0136. The molecular formula is C18H17F2NO2. The van der Waals surface area contributed by atoms with Crippen molar-refractivity contribution < 1.29 is 18.3 Å². The summed E-state index contributed by atoms with van der Waals surface area (Å²) in [4.78, 5) is 14.4. The van der Waals surface area contributed by atoms with E-state index in [-0.39, 0.29) is 18.1 Å². The van der Waals surface area contributed by atoms with Crippen LogP contribution in [0.15, 0.2) is 48.5 Å². The van der Waals surface area contributed by atoms with E-state index in [4.69, 9.17) is 0 Å². The lowest BCUT2D eigenvalue weighted by atomic mass is 10.0. The van der Waals surface area contributed by atoms with E-state index in [9.17, 15) is 13.6 Å². The monoisotopic (exact) mass is 317 g/mol. The van der Waals surface area contributed by atoms with Crippen LogP contribution in [-0.2, 0) is 17.6 Å². The van der Waals surface area contributed by atoms with Gasteiger partial charge in [0.25, 0.3) is 0 Å². The number of aryl methyl sites for hydroxylation is 1. The molecule has 1 aliphatic heterocycles. The number of fused-ring (bicyclic) bond motifs is 1. The van der Waals surface area contributed by atoms with Gasteiger partial charge in [-0.25, -0.2) is 0 Å². The summed E-state index contributed by atoms with van der Waals surface area (Å²) in [6.07, 6.45) is 2.17. The fraction of sp³-hybridized carbons (Fsp3) is 0.278. The van der Waals surface area contributed by atoms with E-state index in [1.54, 1.807) is 12.1 Å². The van der Waals surface area contributed by atoms with Gasteiger partial charge in [0.15, 0.2) is 0 Å². The maximum Gasteiger partial charge on any atom is 0.387 e. The van der Waals surface area contributed by atoms with E-state index in [0.29, 0.717) is 6.54 Å². The molecule has 3 rings (SSSR count). The lowest BCUT2D eigenvalue weighted by molar-refractivity contribution is -0.118. The van der Waals surface area contributed by atoms with E-state index in [0.717, 1.165) is 24.1 Å². The number of carbonyl (C=O) groups is 1. The molecule has 0 N–H and O–H groups in total. The number of para-hydroxylation sites is 1. The van der Waals surface area contributed by atoms with Crippen LogP contribution in [0.3, 0.4) is 0 Å². The maximum atomic E-state index is 12.6. The van der Waals surface area contributed by atoms with Crippen molar-refractivity contribution >= 4 is 11.6 Å². The van der Waals surface area contributed by atoms with Gasteiger partial charge in [-0.3, -0.25) is 4.79 Å². The highest BCUT2D eigenvalue weighted by atomic mass is 19.3. The maximum absolute atomic E-state index is 12.6. The van der Waals surface area contributed by atoms with Crippen molar-refractivity contribution in [3.05, 3.63) is 59.7 Å². The van der Waals surface area contributed by atoms with Gasteiger partial charge in [0, 0.05) is 12.2 Å². The summed E-state index contributed by atoms with van der Waals surface area (Å²) in [7, 11) is 0. The molecule has 0 aromatic heterocycles. The van der Waals surface area contributed by atoms with Crippen molar-refractivity contribution in [1.82, 2.24) is 0 Å². The molecule has 0 saturated carbocycles. The van der Waals surface area contributed by atoms with Gasteiger partial charge >= 0.3 is 6.61 Å². The molecule has 3 nitrogen and oxygen atoms in total. The first-order valence-corrected chi connectivity index (χ1v) is 7.55. The van der Waals surface area contributed by atoms with Gasteiger partial charge < -0.3 is 9.64 Å². The molecule has 0 unspecified atom stereocenters. The van der Waals surface area contributed by atoms with Crippen molar-refractivity contribution in [2.75, 3.05) is 11.4 Å². The fourth-order valence-electron chi connectivity index (χ4n) is 2.85. The number of nitrogens with zero attached hydrogens (tertiary/aromatic N) is 1. The summed E-state index contributed by atoms with van der Waals surface area (Å²) in [6.45, 7) is -2.13. The second-order valence-corrected chi connectivity index (χ2v) is 5.48. The van der Waals surface area contributed by atoms with Gasteiger partial charge in [0.05, 0.1) is 6.42 Å². The smallest absolute Gasteiger partial charge is 0.387 e. The first-order valence-electron chi connectivity index (χ1n) is 7.55. The number of ether oxygens (including phenoxy) is 1. The van der Waals surface area contributed by atoms with E-state index >= 15 is 0 Å². The van der Waals surface area contributed by atoms with Crippen molar-refractivity contribution in [3.8, 4) is 5.75 Å². The Hall–Kier alpha value is -2.43. The third kappa shape index (κ3) is 3.67. The summed E-state index contributed by atoms with van der Waals surface area (Å²) in [6, 6.07) is 14.1. The zero-order chi connectivity index (χ0) is 16.2. The summed E-state index contributed by atoms with van der Waals surface area (Å²) >= 11 is 0. The number of amides is 1. The van der Waals surface area contributed by atoms with Crippen LogP contribution in [0.25, 0.3) is 0 Å². The Labute approximate surface area is 133 Å². The summed E-state index contributed by atoms with van der Waals surface area (Å²) in [5.74, 6) is 0.110. The number of hydrogen-bond donors (Lipinski definition) is 0. The zero-order valence-electron chi connectivity index (χ0n) is 12.5. The largest absolute Gasteiger partial charge is 0.435 e. The SMILES string of the molecule is O=C(Cc1ccc(OC(F)F)cc1)N1CCCc2ccccc21. The molecule has 0 aliphatic carbocycles. The van der Waals surface area contributed by atoms with Crippen molar-refractivity contribution in [3.63, 3.8) is 0 Å². The van der Waals surface area contributed by atoms with Gasteiger partial charge in [0.1, 0.15) is 5.75 Å². The summed E-state index contributed by atoms with van der Waals surface area (Å²) in [5, 5.41) is 0. The predicted octanol–water partition coefficient (Wildman–Crippen LogP) is 3.81. The Morgan fingerprint density at radius 3 is 2.61 bits per heavy atom. The Kier molecular flexibility index (Phi) is 4.55. The lowest BCUT2D eigenvalue weighted by Crippen LogP contribution is -2.36. The topological polar surface area (TPSA) is 29.5 Å². The molecule has 0 atom stereocenters. The number of rotatable bonds is 4. The number of benzene rings is 2. The fourth-order valence-corrected chi connectivity index (χ4v) is 2.85. The van der Waals surface area contributed by atoms with E-state index in [1.807, 2.05) is 29.2 Å². The van der Waals surface area contributed by atoms with Crippen LogP contribution in [0.2, 0.25) is 0 Å². The van der Waals surface area contributed by atoms with Gasteiger partial charge in [0.2, 0.25) is 5.91 Å². The molecule has 1 heterocycles. The summed E-state index contributed by atoms with van der Waals surface area (Å²) in [5.41, 5.74) is 2.94. The Bertz CT molecular complexity index is 686. The third-order valence-corrected chi connectivity index (χ3v) is 3.92. The van der Waals surface area contributed by atoms with Gasteiger partial charge in [-0.1, -0.05) is 30.3 Å². The number of hydrogen-bond acceptors (Lipinski definition) is 2. The molecule has 120 valence electrons. The van der Waals surface area contributed by atoms with E-state index < -0.39 is 6.61 Å². The molecule has 0 fully saturated rings. The van der Waals surface area contributed by atoms with E-state index in [2.05, 4.69) is 4.74 Å². The van der Waals surface area contributed by atoms with Crippen molar-refractivity contribution in [2.24, 2.45) is 0 Å².